The van der Waals surface area contributed by atoms with E-state index in [1.165, 1.54) is 0 Å². The highest BCUT2D eigenvalue weighted by atomic mass is 27.1. The molecule has 14 heavy (non-hydrogen) atoms. The normalized spacial score (nSPS) is 10.9. The number of carbonyl (C=O) groups is 3. The van der Waals surface area contributed by atoms with E-state index in [4.69, 9.17) is 15.3 Å². The van der Waals surface area contributed by atoms with E-state index in [9.17, 15) is 14.4 Å². The molecular weight excluding hydrogens is 211 g/mol. The Kier molecular flexibility index (Phi) is 4.56. The van der Waals surface area contributed by atoms with Crippen LogP contribution in [0.5, 0.6) is 0 Å². The lowest BCUT2D eigenvalue weighted by atomic mass is 9.96. The van der Waals surface area contributed by atoms with Crippen molar-refractivity contribution in [3.05, 3.63) is 0 Å². The van der Waals surface area contributed by atoms with Gasteiger partial charge in [-0.05, 0) is 0 Å². The average molecular weight is 219 g/mol. The Bertz CT molecular complexity index is 245. The van der Waals surface area contributed by atoms with Crippen LogP contribution in [0.15, 0.2) is 0 Å². The molecule has 0 saturated carbocycles. The zero-order valence-electron chi connectivity index (χ0n) is 7.10. The van der Waals surface area contributed by atoms with Crippen LogP contribution in [0.1, 0.15) is 12.8 Å². The standard InChI is InChI=1S/C6H7O7.Al.H/c7-3(8)1-6(13,5(11)12)2-4(9)10;;/h1-2H2,(H,7,8)(H,9,10)(H,11,12);;/q-1;+1;. The third-order valence-corrected chi connectivity index (χ3v) is 2.09. The molecule has 8 heteroatoms. The Morgan fingerprint density at radius 1 is 1.07 bits per heavy atom. The number of hydrogen-bond acceptors (Lipinski definition) is 4. The van der Waals surface area contributed by atoms with Gasteiger partial charge in [-0.1, -0.05) is 0 Å². The first-order valence-electron chi connectivity index (χ1n) is 3.44. The molecule has 0 heterocycles. The first kappa shape index (κ1) is 12.9. The largest absolute Gasteiger partial charge is 0.497 e. The van der Waals surface area contributed by atoms with Crippen molar-refractivity contribution in [2.24, 2.45) is 0 Å². The van der Waals surface area contributed by atoms with Crippen molar-refractivity contribution in [3.8, 4) is 0 Å². The Morgan fingerprint density at radius 2 is 1.43 bits per heavy atom. The molecule has 0 aromatic carbocycles. The minimum Gasteiger partial charge on any atom is -0.497 e. The molecule has 0 aromatic rings. The highest BCUT2D eigenvalue weighted by Crippen LogP contribution is 2.20. The van der Waals surface area contributed by atoms with Gasteiger partial charge in [-0.2, -0.15) is 0 Å². The molecule has 0 aromatic heterocycles. The van der Waals surface area contributed by atoms with E-state index in [2.05, 4.69) is 3.79 Å². The van der Waals surface area contributed by atoms with Gasteiger partial charge in [0.05, 0.1) is 12.8 Å². The predicted molar refractivity (Wildman–Crippen MR) is 43.1 cm³/mol. The molecule has 0 aliphatic heterocycles. The van der Waals surface area contributed by atoms with Gasteiger partial charge in [0.15, 0.2) is 5.60 Å². The zero-order chi connectivity index (χ0) is 11.4. The summed E-state index contributed by atoms with van der Waals surface area (Å²) >= 11 is 0.756. The lowest BCUT2D eigenvalue weighted by molar-refractivity contribution is -0.166. The van der Waals surface area contributed by atoms with Crippen LogP contribution in [0.3, 0.4) is 0 Å². The highest BCUT2D eigenvalue weighted by molar-refractivity contribution is 6.01. The van der Waals surface area contributed by atoms with E-state index >= 15 is 0 Å². The van der Waals surface area contributed by atoms with Crippen molar-refractivity contribution in [3.63, 3.8) is 0 Å². The summed E-state index contributed by atoms with van der Waals surface area (Å²) in [5.74, 6) is -4.46. The van der Waals surface area contributed by atoms with Gasteiger partial charge >= 0.3 is 34.5 Å². The summed E-state index contributed by atoms with van der Waals surface area (Å²) in [6.45, 7) is 0. The number of hydrogen-bond donors (Lipinski definition) is 3. The van der Waals surface area contributed by atoms with Crippen LogP contribution in [0.4, 0.5) is 0 Å². The molecule has 0 unspecified atom stereocenters. The molecule has 0 fully saturated rings. The lowest BCUT2D eigenvalue weighted by Gasteiger charge is -2.26. The van der Waals surface area contributed by atoms with Gasteiger partial charge in [0.2, 0.25) is 0 Å². The van der Waals surface area contributed by atoms with Crippen molar-refractivity contribution in [1.82, 2.24) is 0 Å². The number of rotatable bonds is 6. The summed E-state index contributed by atoms with van der Waals surface area (Å²) in [5.41, 5.74) is -2.18. The monoisotopic (exact) mass is 219 g/mol. The molecule has 0 bridgehead atoms. The van der Waals surface area contributed by atoms with E-state index in [0.717, 1.165) is 16.6 Å². The maximum Gasteiger partial charge on any atom is 0.395 e. The summed E-state index contributed by atoms with van der Waals surface area (Å²) in [5, 5.41) is 25.5. The van der Waals surface area contributed by atoms with Gasteiger partial charge in [-0.15, -0.1) is 0 Å². The summed E-state index contributed by atoms with van der Waals surface area (Å²) in [6, 6.07) is 0. The van der Waals surface area contributed by atoms with Crippen molar-refractivity contribution in [2.75, 3.05) is 0 Å². The molecule has 0 aliphatic rings. The smallest absolute Gasteiger partial charge is 0.395 e. The summed E-state index contributed by atoms with van der Waals surface area (Å²) in [7, 11) is 0. The first-order chi connectivity index (χ1) is 6.34. The maximum atomic E-state index is 10.7. The Balaban J connectivity index is 4.87. The van der Waals surface area contributed by atoms with Crippen LogP contribution >= 0.6 is 0 Å². The van der Waals surface area contributed by atoms with Crippen LogP contribution in [0, 0.1) is 0 Å². The summed E-state index contributed by atoms with van der Waals surface area (Å²) in [6.07, 6.45) is -1.78. The molecule has 3 N–H and O–H groups in total. The van der Waals surface area contributed by atoms with E-state index in [1.54, 1.807) is 0 Å². The third kappa shape index (κ3) is 3.34. The molecule has 77 valence electrons. The van der Waals surface area contributed by atoms with Gasteiger partial charge in [0.25, 0.3) is 0 Å². The molecule has 0 rings (SSSR count). The topological polar surface area (TPSA) is 121 Å². The van der Waals surface area contributed by atoms with Crippen LogP contribution in [0.25, 0.3) is 0 Å². The van der Waals surface area contributed by atoms with Crippen molar-refractivity contribution < 1.29 is 33.5 Å². The third-order valence-electron chi connectivity index (χ3n) is 1.54. The Hall–Kier alpha value is -1.10. The molecule has 0 aliphatic carbocycles. The maximum absolute atomic E-state index is 10.7. The molecule has 0 saturated heterocycles. The van der Waals surface area contributed by atoms with Crippen molar-refractivity contribution in [2.45, 2.75) is 18.4 Å². The minimum atomic E-state index is -2.18. The SMILES string of the molecule is O=C(O)CC(CC(=O)O)([O][AlH])C(=O)O. The van der Waals surface area contributed by atoms with Crippen LogP contribution in [-0.4, -0.2) is 55.5 Å². The average Bonchev–Trinajstić information content (AvgIpc) is 2.00. The fourth-order valence-electron chi connectivity index (χ4n) is 0.866. The number of aliphatic carboxylic acids is 3. The quantitative estimate of drug-likeness (QED) is 0.469. The van der Waals surface area contributed by atoms with Gasteiger partial charge in [0, 0.05) is 0 Å². The Labute approximate surface area is 87.0 Å². The predicted octanol–water partition coefficient (Wildman–Crippen LogP) is -1.41. The van der Waals surface area contributed by atoms with E-state index < -0.39 is 36.4 Å². The van der Waals surface area contributed by atoms with Gasteiger partial charge in [0.1, 0.15) is 0 Å². The van der Waals surface area contributed by atoms with Crippen molar-refractivity contribution >= 4 is 34.5 Å². The van der Waals surface area contributed by atoms with Crippen LogP contribution in [0.2, 0.25) is 0 Å². The molecular formula is C6H8AlO7. The second-order valence-corrected chi connectivity index (χ2v) is 2.87. The fourth-order valence-corrected chi connectivity index (χ4v) is 1.19. The number of carboxylic acids is 3. The second-order valence-electron chi connectivity index (χ2n) is 2.58. The van der Waals surface area contributed by atoms with Gasteiger partial charge < -0.3 is 19.1 Å². The van der Waals surface area contributed by atoms with E-state index in [1.807, 2.05) is 0 Å². The van der Waals surface area contributed by atoms with Gasteiger partial charge in [-0.25, -0.2) is 4.79 Å². The molecule has 7 nitrogen and oxygen atoms in total. The zero-order valence-corrected chi connectivity index (χ0v) is 8.51. The minimum absolute atomic E-state index is 0.756. The first-order valence-corrected chi connectivity index (χ1v) is 4.02. The van der Waals surface area contributed by atoms with E-state index in [0.29, 0.717) is 0 Å². The molecule has 0 amide bonds. The van der Waals surface area contributed by atoms with Gasteiger partial charge in [-0.3, -0.25) is 9.59 Å². The highest BCUT2D eigenvalue weighted by Gasteiger charge is 2.41. The Morgan fingerprint density at radius 3 is 1.57 bits per heavy atom. The van der Waals surface area contributed by atoms with Crippen LogP contribution < -0.4 is 0 Å². The van der Waals surface area contributed by atoms with Crippen molar-refractivity contribution in [1.29, 1.82) is 0 Å². The second kappa shape index (κ2) is 4.95. The summed E-state index contributed by atoms with van der Waals surface area (Å²) in [4.78, 5) is 31.3. The van der Waals surface area contributed by atoms with E-state index in [-0.39, 0.29) is 0 Å². The lowest BCUT2D eigenvalue weighted by Crippen LogP contribution is -2.45. The fraction of sp³-hybridized carbons (Fsp3) is 0.500. The number of carboxylic acid groups (broad SMARTS) is 3. The molecule has 0 spiro atoms. The van der Waals surface area contributed by atoms with Crippen LogP contribution in [-0.2, 0) is 18.2 Å². The summed E-state index contributed by atoms with van der Waals surface area (Å²) < 4.78 is 4.49. The molecule has 1 radical (unpaired) electrons. The molecule has 0 atom stereocenters.